The molecule has 1 fully saturated rings. The number of nitrogens with two attached hydrogens (primary N) is 1. The molecule has 3 aromatic rings. The van der Waals surface area contributed by atoms with Crippen molar-refractivity contribution in [2.75, 3.05) is 6.54 Å². The summed E-state index contributed by atoms with van der Waals surface area (Å²) in [5, 5.41) is 30.2. The van der Waals surface area contributed by atoms with E-state index in [1.807, 2.05) is 42.5 Å². The number of carbonyl (C=O) groups is 2. The molecule has 34 heavy (non-hydrogen) atoms. The highest BCUT2D eigenvalue weighted by Gasteiger charge is 2.46. The molecule has 2 heterocycles. The number of hydroxylamine groups is 2. The predicted molar refractivity (Wildman–Crippen MR) is 132 cm³/mol. The lowest BCUT2D eigenvalue weighted by Crippen LogP contribution is -2.58. The molecule has 5 N–H and O–H groups in total. The summed E-state index contributed by atoms with van der Waals surface area (Å²) in [5.41, 5.74) is 8.26. The van der Waals surface area contributed by atoms with E-state index >= 15 is 0 Å². The first-order chi connectivity index (χ1) is 16.3. The van der Waals surface area contributed by atoms with Gasteiger partial charge in [0.15, 0.2) is 6.04 Å². The van der Waals surface area contributed by atoms with E-state index in [9.17, 15) is 14.8 Å². The van der Waals surface area contributed by atoms with E-state index in [0.29, 0.717) is 24.2 Å². The minimum atomic E-state index is -0.902. The number of nitrogens with zero attached hydrogens (tertiary/aromatic N) is 1. The lowest BCUT2D eigenvalue weighted by Gasteiger charge is -2.44. The van der Waals surface area contributed by atoms with Crippen LogP contribution in [-0.4, -0.2) is 36.3 Å². The van der Waals surface area contributed by atoms with Crippen LogP contribution in [0.3, 0.4) is 0 Å². The van der Waals surface area contributed by atoms with Gasteiger partial charge in [0.2, 0.25) is 5.91 Å². The Balaban J connectivity index is 1.54. The van der Waals surface area contributed by atoms with Crippen molar-refractivity contribution in [3.05, 3.63) is 82.6 Å². The Morgan fingerprint density at radius 3 is 2.74 bits per heavy atom. The lowest BCUT2D eigenvalue weighted by molar-refractivity contribution is -0.127. The molecule has 3 atom stereocenters. The van der Waals surface area contributed by atoms with Crippen molar-refractivity contribution in [1.82, 2.24) is 15.3 Å². The quantitative estimate of drug-likeness (QED) is 0.203. The van der Waals surface area contributed by atoms with Crippen LogP contribution >= 0.6 is 0 Å². The van der Waals surface area contributed by atoms with Crippen LogP contribution in [0.2, 0.25) is 0 Å². The molecule has 2 unspecified atom stereocenters. The van der Waals surface area contributed by atoms with E-state index in [2.05, 4.69) is 10.6 Å². The molecule has 0 spiro atoms. The number of fused-ring (bicyclic) bond motifs is 2. The second-order valence-corrected chi connectivity index (χ2v) is 9.12. The van der Waals surface area contributed by atoms with E-state index in [1.54, 1.807) is 18.2 Å². The molecule has 3 aromatic carbocycles. The third kappa shape index (κ3) is 3.91. The first kappa shape index (κ1) is 22.1. The summed E-state index contributed by atoms with van der Waals surface area (Å²) >= 11 is 0. The smallest absolute Gasteiger partial charge is 0.279 e. The minimum Gasteiger partial charge on any atom is -0.627 e. The van der Waals surface area contributed by atoms with Crippen LogP contribution in [0, 0.1) is 10.6 Å². The van der Waals surface area contributed by atoms with Crippen LogP contribution in [0.1, 0.15) is 29.5 Å². The van der Waals surface area contributed by atoms with E-state index in [4.69, 9.17) is 11.1 Å². The molecule has 5 rings (SSSR count). The topological polar surface area (TPSA) is 131 Å². The second-order valence-electron chi connectivity index (χ2n) is 9.12. The number of amidine groups is 1. The SMILES string of the molecule is N=C(N)c1ccc2c(c1)[N+]([O-])(Cc1cccc3ccccc13)C(C(=O)N[C@H]1CCNC(=O)C1)C2. The van der Waals surface area contributed by atoms with Crippen molar-refractivity contribution in [2.24, 2.45) is 5.73 Å². The van der Waals surface area contributed by atoms with E-state index < -0.39 is 10.7 Å². The van der Waals surface area contributed by atoms with E-state index in [0.717, 1.165) is 21.9 Å². The van der Waals surface area contributed by atoms with Crippen molar-refractivity contribution in [2.45, 2.75) is 37.9 Å². The maximum Gasteiger partial charge on any atom is 0.279 e. The summed E-state index contributed by atoms with van der Waals surface area (Å²) in [5.74, 6) is -0.577. The Morgan fingerprint density at radius 1 is 1.15 bits per heavy atom. The molecule has 0 radical (unpaired) electrons. The van der Waals surface area contributed by atoms with Crippen molar-refractivity contribution in [1.29, 1.82) is 5.41 Å². The molecule has 0 saturated carbocycles. The Labute approximate surface area is 197 Å². The van der Waals surface area contributed by atoms with Crippen LogP contribution in [0.15, 0.2) is 60.7 Å². The van der Waals surface area contributed by atoms with Gasteiger partial charge in [-0.15, -0.1) is 0 Å². The average molecular weight is 458 g/mol. The molecular weight excluding hydrogens is 430 g/mol. The number of amides is 2. The zero-order chi connectivity index (χ0) is 23.9. The van der Waals surface area contributed by atoms with Crippen molar-refractivity contribution < 1.29 is 9.59 Å². The summed E-state index contributed by atoms with van der Waals surface area (Å²) in [6.07, 6.45) is 1.13. The summed E-state index contributed by atoms with van der Waals surface area (Å²) in [6.45, 7) is 0.572. The predicted octanol–water partition coefficient (Wildman–Crippen LogP) is 2.45. The van der Waals surface area contributed by atoms with Crippen molar-refractivity contribution in [3.63, 3.8) is 0 Å². The van der Waals surface area contributed by atoms with Crippen LogP contribution < -0.4 is 21.0 Å². The first-order valence-corrected chi connectivity index (χ1v) is 11.5. The normalized spacial score (nSPS) is 23.9. The van der Waals surface area contributed by atoms with Gasteiger partial charge in [0, 0.05) is 48.2 Å². The highest BCUT2D eigenvalue weighted by Crippen LogP contribution is 2.41. The number of carbonyl (C=O) groups excluding carboxylic acids is 2. The number of nitrogen functional groups attached to an aromatic ring is 1. The third-order valence-electron chi connectivity index (χ3n) is 6.90. The van der Waals surface area contributed by atoms with Gasteiger partial charge in [-0.25, -0.2) is 0 Å². The molecule has 8 nitrogen and oxygen atoms in total. The standard InChI is InChI=1S/C26H27N5O3/c27-25(28)18-9-8-17-12-23(26(33)30-20-10-11-29-24(32)14-20)31(34,22(17)13-18)15-19-6-3-5-16-4-1-2-7-21(16)19/h1-9,13,20,23H,10-12,14-15H2,(H3,27,28)(H,29,32)(H,30,33)/t20-,23?,31?/m0/s1. The van der Waals surface area contributed by atoms with Gasteiger partial charge in [0.1, 0.15) is 18.1 Å². The van der Waals surface area contributed by atoms with Crippen LogP contribution in [0.5, 0.6) is 0 Å². The zero-order valence-corrected chi connectivity index (χ0v) is 18.7. The van der Waals surface area contributed by atoms with E-state index in [-0.39, 0.29) is 43.1 Å². The van der Waals surface area contributed by atoms with Gasteiger partial charge >= 0.3 is 0 Å². The molecule has 174 valence electrons. The lowest BCUT2D eigenvalue weighted by atomic mass is 10.0. The van der Waals surface area contributed by atoms with Crippen LogP contribution in [0.4, 0.5) is 5.69 Å². The highest BCUT2D eigenvalue weighted by atomic mass is 16.6. The summed E-state index contributed by atoms with van der Waals surface area (Å²) in [4.78, 5) is 25.2. The molecule has 1 saturated heterocycles. The highest BCUT2D eigenvalue weighted by molar-refractivity contribution is 5.97. The average Bonchev–Trinajstić information content (AvgIpc) is 3.11. The minimum absolute atomic E-state index is 0.0684. The third-order valence-corrected chi connectivity index (χ3v) is 6.90. The summed E-state index contributed by atoms with van der Waals surface area (Å²) < 4.78 is -0.866. The molecule has 0 bridgehead atoms. The maximum atomic E-state index is 14.7. The van der Waals surface area contributed by atoms with Crippen LogP contribution in [-0.2, 0) is 22.6 Å². The molecule has 2 aliphatic rings. The van der Waals surface area contributed by atoms with Crippen molar-refractivity contribution in [3.8, 4) is 0 Å². The second kappa shape index (κ2) is 8.55. The largest absolute Gasteiger partial charge is 0.627 e. The number of rotatable bonds is 5. The zero-order valence-electron chi connectivity index (χ0n) is 18.7. The van der Waals surface area contributed by atoms with Gasteiger partial charge in [0.05, 0.1) is 0 Å². The maximum absolute atomic E-state index is 14.7. The van der Waals surface area contributed by atoms with Crippen LogP contribution in [0.25, 0.3) is 10.8 Å². The molecule has 0 aliphatic carbocycles. The van der Waals surface area contributed by atoms with Gasteiger partial charge in [-0.05, 0) is 17.2 Å². The number of quaternary nitrogens is 1. The molecule has 2 amide bonds. The van der Waals surface area contributed by atoms with Gasteiger partial charge in [-0.3, -0.25) is 15.0 Å². The molecule has 0 aromatic heterocycles. The number of hydrogen-bond acceptors (Lipinski definition) is 4. The molecular formula is C26H27N5O3. The fourth-order valence-corrected chi connectivity index (χ4v) is 5.15. The first-order valence-electron chi connectivity index (χ1n) is 11.5. The van der Waals surface area contributed by atoms with E-state index in [1.165, 1.54) is 0 Å². The fraction of sp³-hybridized carbons (Fsp3) is 0.269. The summed E-state index contributed by atoms with van der Waals surface area (Å²) in [7, 11) is 0. The monoisotopic (exact) mass is 457 g/mol. The number of hydrogen-bond donors (Lipinski definition) is 4. The van der Waals surface area contributed by atoms with Crippen molar-refractivity contribution >= 4 is 34.1 Å². The van der Waals surface area contributed by atoms with Gasteiger partial charge in [-0.1, -0.05) is 54.6 Å². The summed E-state index contributed by atoms with van der Waals surface area (Å²) in [6, 6.07) is 17.7. The number of piperidine rings is 1. The fourth-order valence-electron chi connectivity index (χ4n) is 5.15. The Hall–Kier alpha value is -3.75. The Kier molecular flexibility index (Phi) is 5.55. The Morgan fingerprint density at radius 2 is 1.94 bits per heavy atom. The number of nitrogens with one attached hydrogen (secondary N) is 3. The Bertz CT molecular complexity index is 1300. The number of benzene rings is 3. The van der Waals surface area contributed by atoms with Gasteiger partial charge in [0.25, 0.3) is 5.91 Å². The van der Waals surface area contributed by atoms with Gasteiger partial charge < -0.3 is 26.2 Å². The molecule has 8 heteroatoms. The molecule has 2 aliphatic heterocycles. The van der Waals surface area contributed by atoms with Gasteiger partial charge in [-0.2, -0.15) is 0 Å².